The Bertz CT molecular complexity index is 2370. The molecule has 0 fully saturated rings. The smallest absolute Gasteiger partial charge is 0.260 e. The number of fused-ring (bicyclic) bond motifs is 8. The number of hydrogen-bond donors (Lipinski definition) is 2. The summed E-state index contributed by atoms with van der Waals surface area (Å²) in [5.74, 6) is 0.758. The van der Waals surface area contributed by atoms with Crippen molar-refractivity contribution in [2.75, 3.05) is 39.4 Å². The lowest BCUT2D eigenvalue weighted by atomic mass is 9.91. The molecule has 0 spiro atoms. The number of nitrogens with zero attached hydrogens (tertiary/aromatic N) is 6. The normalized spacial score (nSPS) is 12.3. The number of ether oxygens (including phenoxy) is 2. The van der Waals surface area contributed by atoms with E-state index in [0.717, 1.165) is 22.3 Å². The van der Waals surface area contributed by atoms with E-state index in [9.17, 15) is 19.8 Å². The van der Waals surface area contributed by atoms with Crippen LogP contribution < -0.4 is 9.47 Å². The van der Waals surface area contributed by atoms with Gasteiger partial charge in [-0.1, -0.05) is 72.8 Å². The van der Waals surface area contributed by atoms with E-state index >= 15 is 0 Å². The topological polar surface area (TPSA) is 149 Å². The summed E-state index contributed by atoms with van der Waals surface area (Å²) < 4.78 is 13.0. The molecule has 0 radical (unpaired) electrons. The molecule has 328 valence electrons. The molecule has 64 heavy (non-hydrogen) atoms. The molecule has 1 aliphatic rings. The first kappa shape index (κ1) is 44.7. The molecule has 0 aromatic heterocycles. The van der Waals surface area contributed by atoms with Crippen LogP contribution in [0.15, 0.2) is 142 Å². The molecular formula is C52H54N6O6. The van der Waals surface area contributed by atoms with Crippen LogP contribution in [0.3, 0.4) is 0 Å². The molecule has 2 amide bonds. The zero-order valence-corrected chi connectivity index (χ0v) is 36.8. The van der Waals surface area contributed by atoms with Gasteiger partial charge in [-0.2, -0.15) is 20.5 Å². The third-order valence-corrected chi connectivity index (χ3v) is 11.4. The van der Waals surface area contributed by atoms with Crippen LogP contribution in [0.25, 0.3) is 0 Å². The molecule has 1 aliphatic carbocycles. The first-order chi connectivity index (χ1) is 31.2. The fourth-order valence-corrected chi connectivity index (χ4v) is 7.99. The number of carbonyl (C=O) groups excluding carboxylic acids is 2. The summed E-state index contributed by atoms with van der Waals surface area (Å²) in [6.45, 7) is 9.46. The molecule has 8 bridgehead atoms. The molecule has 6 aromatic rings. The number of carbonyl (C=O) groups is 2. The second-order valence-corrected chi connectivity index (χ2v) is 15.5. The molecule has 0 saturated heterocycles. The maximum Gasteiger partial charge on any atom is 0.260 e. The number of phenolic OH excluding ortho intramolecular Hbond substituents is 2. The molecular weight excluding hydrogens is 805 g/mol. The monoisotopic (exact) mass is 858 g/mol. The molecule has 7 rings (SSSR count). The minimum atomic E-state index is -0.203. The first-order valence-electron chi connectivity index (χ1n) is 21.8. The van der Waals surface area contributed by atoms with Crippen molar-refractivity contribution in [3.8, 4) is 23.0 Å². The van der Waals surface area contributed by atoms with Gasteiger partial charge >= 0.3 is 0 Å². The average molecular weight is 859 g/mol. The number of rotatable bonds is 14. The van der Waals surface area contributed by atoms with E-state index < -0.39 is 0 Å². The zero-order chi connectivity index (χ0) is 45.0. The molecule has 0 aliphatic heterocycles. The van der Waals surface area contributed by atoms with Crippen molar-refractivity contribution in [3.63, 3.8) is 0 Å². The number of azo groups is 2. The fraction of sp³-hybridized carbons (Fsp3) is 0.269. The number of likely N-dealkylation sites (N-methyl/N-ethyl adjacent to an activating group) is 2. The summed E-state index contributed by atoms with van der Waals surface area (Å²) in [7, 11) is 0. The zero-order valence-electron chi connectivity index (χ0n) is 36.8. The number of benzene rings is 6. The highest BCUT2D eigenvalue weighted by Gasteiger charge is 2.23. The third kappa shape index (κ3) is 10.8. The third-order valence-electron chi connectivity index (χ3n) is 11.4. The van der Waals surface area contributed by atoms with Crippen LogP contribution in [0.4, 0.5) is 22.7 Å². The Morgan fingerprint density at radius 3 is 1.03 bits per heavy atom. The molecule has 2 N–H and O–H groups in total. The van der Waals surface area contributed by atoms with Gasteiger partial charge in [0.25, 0.3) is 11.8 Å². The van der Waals surface area contributed by atoms with Gasteiger partial charge in [0.2, 0.25) is 0 Å². The van der Waals surface area contributed by atoms with Crippen molar-refractivity contribution >= 4 is 34.6 Å². The Morgan fingerprint density at radius 2 is 0.734 bits per heavy atom. The minimum Gasteiger partial charge on any atom is -0.507 e. The maximum atomic E-state index is 13.4. The second kappa shape index (κ2) is 21.2. The summed E-state index contributed by atoms with van der Waals surface area (Å²) in [5, 5.41) is 42.7. The first-order valence-corrected chi connectivity index (χ1v) is 21.8. The van der Waals surface area contributed by atoms with E-state index in [0.29, 0.717) is 82.7 Å². The van der Waals surface area contributed by atoms with E-state index in [1.807, 2.05) is 149 Å². The number of aromatic hydroxyl groups is 2. The molecule has 0 atom stereocenters. The van der Waals surface area contributed by atoms with Crippen molar-refractivity contribution < 1.29 is 29.3 Å². The number of amides is 2. The van der Waals surface area contributed by atoms with Gasteiger partial charge < -0.3 is 29.5 Å². The van der Waals surface area contributed by atoms with Crippen LogP contribution in [-0.2, 0) is 35.3 Å². The Hall–Kier alpha value is -7.34. The van der Waals surface area contributed by atoms with Crippen molar-refractivity contribution in [2.45, 2.75) is 53.4 Å². The van der Waals surface area contributed by atoms with Gasteiger partial charge in [0.1, 0.15) is 23.0 Å². The summed E-state index contributed by atoms with van der Waals surface area (Å²) in [6.07, 6.45) is 0.835. The maximum absolute atomic E-state index is 13.4. The van der Waals surface area contributed by atoms with Crippen LogP contribution in [0.1, 0.15) is 72.2 Å². The predicted octanol–water partition coefficient (Wildman–Crippen LogP) is 11.1. The Balaban J connectivity index is 1.42. The lowest BCUT2D eigenvalue weighted by molar-refractivity contribution is -0.133. The Labute approximate surface area is 374 Å². The highest BCUT2D eigenvalue weighted by Crippen LogP contribution is 2.41. The molecule has 0 unspecified atom stereocenters. The quantitative estimate of drug-likeness (QED) is 0.104. The van der Waals surface area contributed by atoms with Crippen molar-refractivity contribution in [1.29, 1.82) is 0 Å². The molecule has 0 saturated carbocycles. The average Bonchev–Trinajstić information content (AvgIpc) is 3.31. The molecule has 6 aromatic carbocycles. The Morgan fingerprint density at radius 1 is 0.438 bits per heavy atom. The van der Waals surface area contributed by atoms with Crippen molar-refractivity contribution in [1.82, 2.24) is 9.80 Å². The molecule has 12 nitrogen and oxygen atoms in total. The van der Waals surface area contributed by atoms with E-state index in [4.69, 9.17) is 9.47 Å². The van der Waals surface area contributed by atoms with Gasteiger partial charge in [0, 0.05) is 74.1 Å². The van der Waals surface area contributed by atoms with Crippen LogP contribution in [0.5, 0.6) is 23.0 Å². The van der Waals surface area contributed by atoms with Crippen molar-refractivity contribution in [3.05, 3.63) is 166 Å². The number of phenols is 2. The number of hydrogen-bond acceptors (Lipinski definition) is 10. The lowest BCUT2D eigenvalue weighted by Crippen LogP contribution is -2.34. The SMILES string of the molecule is CCN(CC)C(=O)COc1c2cccc1Cc1cc(N=Nc3ccccc3)cc(c1O)Cc1cccc(c1OCC(=O)N(CC)CC)Cc1cc(N=Nc3ccccc3)cc(c1O)C2. The summed E-state index contributed by atoms with van der Waals surface area (Å²) in [6, 6.07) is 37.6. The van der Waals surface area contributed by atoms with Gasteiger partial charge in [0.05, 0.1) is 22.7 Å². The Kier molecular flexibility index (Phi) is 14.8. The summed E-state index contributed by atoms with van der Waals surface area (Å²) >= 11 is 0. The van der Waals surface area contributed by atoms with Crippen molar-refractivity contribution in [2.24, 2.45) is 20.5 Å². The van der Waals surface area contributed by atoms with Gasteiger partial charge in [-0.3, -0.25) is 9.59 Å². The highest BCUT2D eigenvalue weighted by atomic mass is 16.5. The van der Waals surface area contributed by atoms with E-state index in [2.05, 4.69) is 20.5 Å². The fourth-order valence-electron chi connectivity index (χ4n) is 7.99. The minimum absolute atomic E-state index is 0.0631. The van der Waals surface area contributed by atoms with Crippen LogP contribution >= 0.6 is 0 Å². The predicted molar refractivity (Wildman–Crippen MR) is 248 cm³/mol. The van der Waals surface area contributed by atoms with E-state index in [-0.39, 0.29) is 62.2 Å². The highest BCUT2D eigenvalue weighted by molar-refractivity contribution is 5.78. The van der Waals surface area contributed by atoms with Gasteiger partial charge in [-0.15, -0.1) is 0 Å². The van der Waals surface area contributed by atoms with Gasteiger partial charge in [-0.05, 0) is 98.5 Å². The second-order valence-electron chi connectivity index (χ2n) is 15.5. The van der Waals surface area contributed by atoms with Gasteiger partial charge in [-0.25, -0.2) is 0 Å². The van der Waals surface area contributed by atoms with Gasteiger partial charge in [0.15, 0.2) is 13.2 Å². The van der Waals surface area contributed by atoms with E-state index in [1.165, 1.54) is 0 Å². The van der Waals surface area contributed by atoms with Crippen LogP contribution in [0, 0.1) is 0 Å². The summed E-state index contributed by atoms with van der Waals surface area (Å²) in [5.41, 5.74) is 7.52. The lowest BCUT2D eigenvalue weighted by Gasteiger charge is -2.23. The largest absolute Gasteiger partial charge is 0.507 e. The number of para-hydroxylation sites is 2. The molecule has 0 heterocycles. The summed E-state index contributed by atoms with van der Waals surface area (Å²) in [4.78, 5) is 30.2. The molecule has 12 heteroatoms. The van der Waals surface area contributed by atoms with Crippen LogP contribution in [-0.4, -0.2) is 71.2 Å². The van der Waals surface area contributed by atoms with E-state index in [1.54, 1.807) is 9.80 Å². The van der Waals surface area contributed by atoms with Crippen LogP contribution in [0.2, 0.25) is 0 Å². The standard InChI is InChI=1S/C52H54N6O6/c1-5-57(6-2)47(59)33-63-51-35-17-15-18-36(51)26-40-30-46(56-54-44-23-13-10-14-24-44)32-42(50(40)62)28-38-20-16-19-37(52(38)64-34-48(60)58(7-3)8-4)27-41-31-45(29-39(25-35)49(41)61)55-53-43-21-11-9-12-22-43/h9-24,29-32,61-62H,5-8,25-28,33-34H2,1-4H3.